The smallest absolute Gasteiger partial charge is 0.245 e. The zero-order chi connectivity index (χ0) is 26.1. The number of hydroxylamine groups is 1. The van der Waals surface area contributed by atoms with Gasteiger partial charge in [0.25, 0.3) is 0 Å². The Morgan fingerprint density at radius 3 is 2.44 bits per heavy atom. The third kappa shape index (κ3) is 5.23. The van der Waals surface area contributed by atoms with E-state index >= 15 is 0 Å². The van der Waals surface area contributed by atoms with Gasteiger partial charge in [-0.2, -0.15) is 0 Å². The quantitative estimate of drug-likeness (QED) is 0.362. The molecule has 192 valence electrons. The molecule has 0 aliphatic carbocycles. The summed E-state index contributed by atoms with van der Waals surface area (Å²) in [6.07, 6.45) is 1.84. The Morgan fingerprint density at radius 2 is 1.81 bits per heavy atom. The van der Waals surface area contributed by atoms with Crippen molar-refractivity contribution >= 4 is 33.1 Å². The number of anilines is 1. The Kier molecular flexibility index (Phi) is 7.07. The highest BCUT2D eigenvalue weighted by Crippen LogP contribution is 2.33. The molecule has 2 heterocycles. The first-order valence-electron chi connectivity index (χ1n) is 11.5. The van der Waals surface area contributed by atoms with Crippen LogP contribution in [0.2, 0.25) is 0 Å². The number of carbonyl (C=O) groups is 2. The molecule has 2 aromatic rings. The van der Waals surface area contributed by atoms with E-state index in [1.807, 2.05) is 19.2 Å². The summed E-state index contributed by atoms with van der Waals surface area (Å²) in [5, 5.41) is 8.89. The minimum atomic E-state index is -4.01. The fourth-order valence-corrected chi connectivity index (χ4v) is 5.96. The number of ether oxygens (including phenoxy) is 1. The summed E-state index contributed by atoms with van der Waals surface area (Å²) < 4.78 is 34.6. The number of fused-ring (bicyclic) bond motifs is 1. The number of hydrogen-bond donors (Lipinski definition) is 3. The Hall–Kier alpha value is -3.41. The minimum absolute atomic E-state index is 0.00242. The number of para-hydroxylation sites is 1. The lowest BCUT2D eigenvalue weighted by atomic mass is 9.87. The molecule has 2 aromatic carbocycles. The van der Waals surface area contributed by atoms with Crippen LogP contribution in [0.5, 0.6) is 5.75 Å². The highest BCUT2D eigenvalue weighted by Gasteiger charge is 2.48. The molecule has 1 unspecified atom stereocenters. The van der Waals surface area contributed by atoms with Gasteiger partial charge in [-0.1, -0.05) is 24.3 Å². The summed E-state index contributed by atoms with van der Waals surface area (Å²) in [5.74, 6) is -0.462. The first-order chi connectivity index (χ1) is 17.0. The molecular weight excluding hydrogens is 484 g/mol. The van der Waals surface area contributed by atoms with Gasteiger partial charge in [-0.25, -0.2) is 18.6 Å². The van der Waals surface area contributed by atoms with Crippen molar-refractivity contribution in [1.29, 1.82) is 0 Å². The van der Waals surface area contributed by atoms with Crippen LogP contribution in [0.1, 0.15) is 25.8 Å². The third-order valence-corrected chi connectivity index (χ3v) is 8.21. The minimum Gasteiger partial charge on any atom is -0.489 e. The van der Waals surface area contributed by atoms with Gasteiger partial charge in [0.2, 0.25) is 21.8 Å². The predicted molar refractivity (Wildman–Crippen MR) is 134 cm³/mol. The van der Waals surface area contributed by atoms with Crippen molar-refractivity contribution < 1.29 is 28.0 Å². The molecule has 0 saturated carbocycles. The number of carbonyl (C=O) groups excluding carboxylic acids is 2. The van der Waals surface area contributed by atoms with Gasteiger partial charge in [-0.15, -0.1) is 0 Å². The first kappa shape index (κ1) is 25.7. The largest absolute Gasteiger partial charge is 0.489 e. The SMILES string of the molecule is CC(=O)N1CC(CC(=O)NO)(NS(=O)(=O)c2ccc(OCC3=CC(C)N(C)c4ccccc43)cc2)C1. The van der Waals surface area contributed by atoms with Gasteiger partial charge in [0.05, 0.1) is 16.9 Å². The zero-order valence-corrected chi connectivity index (χ0v) is 21.2. The van der Waals surface area contributed by atoms with Crippen molar-refractivity contribution in [2.75, 3.05) is 31.6 Å². The maximum Gasteiger partial charge on any atom is 0.245 e. The molecule has 0 spiro atoms. The van der Waals surface area contributed by atoms with E-state index in [0.29, 0.717) is 12.4 Å². The number of likely N-dealkylation sites (tertiary alicyclic amines) is 1. The van der Waals surface area contributed by atoms with Crippen molar-refractivity contribution in [3.8, 4) is 5.75 Å². The van der Waals surface area contributed by atoms with E-state index in [4.69, 9.17) is 9.94 Å². The molecule has 36 heavy (non-hydrogen) atoms. The molecule has 1 atom stereocenters. The number of amides is 2. The molecule has 11 heteroatoms. The number of sulfonamides is 1. The van der Waals surface area contributed by atoms with Gasteiger partial charge in [0.1, 0.15) is 12.4 Å². The summed E-state index contributed by atoms with van der Waals surface area (Å²) in [6.45, 7) is 3.86. The molecule has 4 rings (SSSR count). The van der Waals surface area contributed by atoms with Crippen LogP contribution in [0.25, 0.3) is 5.57 Å². The van der Waals surface area contributed by atoms with Crippen LogP contribution < -0.4 is 19.8 Å². The van der Waals surface area contributed by atoms with Crippen LogP contribution in [0.15, 0.2) is 59.5 Å². The second-order valence-electron chi connectivity index (χ2n) is 9.29. The predicted octanol–water partition coefficient (Wildman–Crippen LogP) is 1.76. The van der Waals surface area contributed by atoms with Gasteiger partial charge >= 0.3 is 0 Å². The van der Waals surface area contributed by atoms with Gasteiger partial charge in [0, 0.05) is 44.4 Å². The van der Waals surface area contributed by atoms with Gasteiger partial charge in [0.15, 0.2) is 0 Å². The van der Waals surface area contributed by atoms with E-state index in [0.717, 1.165) is 16.8 Å². The molecule has 1 saturated heterocycles. The van der Waals surface area contributed by atoms with Crippen molar-refractivity contribution in [1.82, 2.24) is 15.1 Å². The lowest BCUT2D eigenvalue weighted by molar-refractivity contribution is -0.141. The molecular formula is C25H30N4O6S. The molecule has 2 amide bonds. The van der Waals surface area contributed by atoms with E-state index in [2.05, 4.69) is 34.8 Å². The van der Waals surface area contributed by atoms with Crippen LogP contribution in [0, 0.1) is 0 Å². The van der Waals surface area contributed by atoms with Gasteiger partial charge in [-0.05, 0) is 42.8 Å². The number of rotatable bonds is 8. The van der Waals surface area contributed by atoms with Crippen LogP contribution in [0.4, 0.5) is 5.69 Å². The molecule has 0 aromatic heterocycles. The van der Waals surface area contributed by atoms with Crippen LogP contribution in [-0.2, 0) is 19.6 Å². The fraction of sp³-hybridized carbons (Fsp3) is 0.360. The van der Waals surface area contributed by atoms with Crippen LogP contribution >= 0.6 is 0 Å². The highest BCUT2D eigenvalue weighted by molar-refractivity contribution is 7.89. The monoisotopic (exact) mass is 514 g/mol. The van der Waals surface area contributed by atoms with Crippen molar-refractivity contribution in [3.05, 3.63) is 60.2 Å². The topological polar surface area (TPSA) is 128 Å². The summed E-state index contributed by atoms with van der Waals surface area (Å²) in [4.78, 5) is 27.0. The van der Waals surface area contributed by atoms with Crippen molar-refractivity contribution in [2.24, 2.45) is 0 Å². The number of likely N-dealkylation sites (N-methyl/N-ethyl adjacent to an activating group) is 1. The van der Waals surface area contributed by atoms with Gasteiger partial charge < -0.3 is 14.5 Å². The molecule has 1 fully saturated rings. The van der Waals surface area contributed by atoms with Crippen LogP contribution in [0.3, 0.4) is 0 Å². The van der Waals surface area contributed by atoms with Crippen molar-refractivity contribution in [2.45, 2.75) is 36.7 Å². The Bertz CT molecular complexity index is 1290. The van der Waals surface area contributed by atoms with Gasteiger partial charge in [-0.3, -0.25) is 14.8 Å². The van der Waals surface area contributed by atoms with E-state index < -0.39 is 21.5 Å². The maximum atomic E-state index is 13.0. The van der Waals surface area contributed by atoms with E-state index in [1.54, 1.807) is 12.1 Å². The second kappa shape index (κ2) is 9.92. The number of nitrogens with zero attached hydrogens (tertiary/aromatic N) is 2. The standard InChI is InChI=1S/C25H30N4O6S/c1-17-12-19(22-6-4-5-7-23(22)28(17)3)14-35-20-8-10-21(11-9-20)36(33,34)27-25(13-24(31)26-32)15-29(16-25)18(2)30/h4-12,17,27,32H,13-16H2,1-3H3,(H,26,31). The Balaban J connectivity index is 1.45. The molecule has 10 nitrogen and oxygen atoms in total. The molecule has 3 N–H and O–H groups in total. The summed E-state index contributed by atoms with van der Waals surface area (Å²) in [7, 11) is -1.96. The Labute approximate surface area is 210 Å². The summed E-state index contributed by atoms with van der Waals surface area (Å²) >= 11 is 0. The van der Waals surface area contributed by atoms with E-state index in [9.17, 15) is 18.0 Å². The average molecular weight is 515 g/mol. The Morgan fingerprint density at radius 1 is 1.14 bits per heavy atom. The lowest BCUT2D eigenvalue weighted by Gasteiger charge is -2.49. The second-order valence-corrected chi connectivity index (χ2v) is 11.0. The fourth-order valence-electron chi connectivity index (χ4n) is 4.58. The molecule has 2 aliphatic rings. The summed E-state index contributed by atoms with van der Waals surface area (Å²) in [5.41, 5.74) is 3.60. The summed E-state index contributed by atoms with van der Waals surface area (Å²) in [6, 6.07) is 14.3. The third-order valence-electron chi connectivity index (χ3n) is 6.62. The number of nitrogens with one attached hydrogen (secondary N) is 2. The number of hydrogen-bond acceptors (Lipinski definition) is 7. The first-order valence-corrected chi connectivity index (χ1v) is 13.0. The zero-order valence-electron chi connectivity index (χ0n) is 20.4. The van der Waals surface area contributed by atoms with E-state index in [-0.39, 0.29) is 36.4 Å². The van der Waals surface area contributed by atoms with Crippen molar-refractivity contribution in [3.63, 3.8) is 0 Å². The number of benzene rings is 2. The molecule has 0 radical (unpaired) electrons. The average Bonchev–Trinajstić information content (AvgIpc) is 2.83. The normalized spacial score (nSPS) is 18.6. The van der Waals surface area contributed by atoms with E-state index in [1.165, 1.54) is 29.4 Å². The highest BCUT2D eigenvalue weighted by atomic mass is 32.2. The lowest BCUT2D eigenvalue weighted by Crippen LogP contribution is -2.71. The maximum absolute atomic E-state index is 13.0. The molecule has 2 aliphatic heterocycles. The molecule has 0 bridgehead atoms. The van der Waals surface area contributed by atoms with Crippen LogP contribution in [-0.4, -0.2) is 68.7 Å².